The predicted octanol–water partition coefficient (Wildman–Crippen LogP) is 0.840. The van der Waals surface area contributed by atoms with Crippen LogP contribution in [-0.2, 0) is 0 Å². The van der Waals surface area contributed by atoms with Crippen molar-refractivity contribution in [3.8, 4) is 0 Å². The number of nitrogens with one attached hydrogen (secondary N) is 1. The lowest BCUT2D eigenvalue weighted by Gasteiger charge is -2.14. The first-order valence-electron chi connectivity index (χ1n) is 4.49. The maximum Gasteiger partial charge on any atom is 0.123 e. The van der Waals surface area contributed by atoms with Crippen molar-refractivity contribution in [2.75, 3.05) is 13.1 Å². The van der Waals surface area contributed by atoms with E-state index in [9.17, 15) is 4.39 Å². The Balaban J connectivity index is 2.24. The molecule has 0 aliphatic carbocycles. The Morgan fingerprint density at radius 2 is 2.23 bits per heavy atom. The van der Waals surface area contributed by atoms with Crippen LogP contribution in [0.15, 0.2) is 24.3 Å². The summed E-state index contributed by atoms with van der Waals surface area (Å²) in [4.78, 5) is 0. The number of nitrogens with two attached hydrogens (primary N) is 1. The van der Waals surface area contributed by atoms with E-state index in [0.717, 1.165) is 18.7 Å². The molecule has 0 saturated carbocycles. The fourth-order valence-electron chi connectivity index (χ4n) is 1.80. The molecule has 1 aromatic carbocycles. The first-order valence-corrected chi connectivity index (χ1v) is 4.49. The molecule has 0 amide bonds. The van der Waals surface area contributed by atoms with Gasteiger partial charge in [-0.3, -0.25) is 0 Å². The van der Waals surface area contributed by atoms with Gasteiger partial charge in [-0.15, -0.1) is 0 Å². The van der Waals surface area contributed by atoms with E-state index in [1.807, 2.05) is 6.07 Å². The lowest BCUT2D eigenvalue weighted by molar-refractivity contribution is 0.611. The summed E-state index contributed by atoms with van der Waals surface area (Å²) in [7, 11) is 0. The molecule has 0 spiro atoms. The number of benzene rings is 1. The van der Waals surface area contributed by atoms with Crippen LogP contribution in [0.2, 0.25) is 0 Å². The van der Waals surface area contributed by atoms with Gasteiger partial charge in [0.2, 0.25) is 0 Å². The third-order valence-corrected chi connectivity index (χ3v) is 2.54. The molecule has 3 heteroatoms. The van der Waals surface area contributed by atoms with Gasteiger partial charge in [0, 0.05) is 25.0 Å². The number of halogens is 1. The molecule has 3 N–H and O–H groups in total. The summed E-state index contributed by atoms with van der Waals surface area (Å²) in [6.07, 6.45) is 0. The first-order chi connectivity index (χ1) is 6.27. The number of rotatable bonds is 1. The lowest BCUT2D eigenvalue weighted by Crippen LogP contribution is -2.27. The smallest absolute Gasteiger partial charge is 0.123 e. The standard InChI is InChI=1S/C10H13FN2/c11-8-3-1-2-7(4-8)9-5-13-6-10(9)12/h1-4,9-10,13H,5-6,12H2. The maximum absolute atomic E-state index is 12.9. The Morgan fingerprint density at radius 1 is 1.38 bits per heavy atom. The van der Waals surface area contributed by atoms with E-state index in [-0.39, 0.29) is 17.8 Å². The van der Waals surface area contributed by atoms with Crippen LogP contribution in [0.3, 0.4) is 0 Å². The van der Waals surface area contributed by atoms with Crippen molar-refractivity contribution in [2.24, 2.45) is 5.73 Å². The second-order valence-electron chi connectivity index (χ2n) is 3.48. The van der Waals surface area contributed by atoms with Gasteiger partial charge in [0.1, 0.15) is 5.82 Å². The maximum atomic E-state index is 12.9. The summed E-state index contributed by atoms with van der Waals surface area (Å²) in [5.41, 5.74) is 6.87. The van der Waals surface area contributed by atoms with Gasteiger partial charge in [-0.1, -0.05) is 12.1 Å². The van der Waals surface area contributed by atoms with E-state index >= 15 is 0 Å². The number of hydrogen-bond donors (Lipinski definition) is 2. The minimum absolute atomic E-state index is 0.113. The zero-order chi connectivity index (χ0) is 9.26. The quantitative estimate of drug-likeness (QED) is 0.672. The highest BCUT2D eigenvalue weighted by Crippen LogP contribution is 2.21. The molecule has 1 aromatic rings. The summed E-state index contributed by atoms with van der Waals surface area (Å²) in [6.45, 7) is 1.67. The minimum Gasteiger partial charge on any atom is -0.326 e. The summed E-state index contributed by atoms with van der Waals surface area (Å²) in [6, 6.07) is 6.80. The molecular weight excluding hydrogens is 167 g/mol. The van der Waals surface area contributed by atoms with Crippen molar-refractivity contribution < 1.29 is 4.39 Å². The minimum atomic E-state index is -0.184. The average molecular weight is 180 g/mol. The molecule has 0 radical (unpaired) electrons. The largest absolute Gasteiger partial charge is 0.326 e. The van der Waals surface area contributed by atoms with Gasteiger partial charge >= 0.3 is 0 Å². The van der Waals surface area contributed by atoms with E-state index in [2.05, 4.69) is 5.32 Å². The van der Waals surface area contributed by atoms with Crippen molar-refractivity contribution in [2.45, 2.75) is 12.0 Å². The Morgan fingerprint density at radius 3 is 2.85 bits per heavy atom. The van der Waals surface area contributed by atoms with Crippen molar-refractivity contribution in [3.05, 3.63) is 35.6 Å². The SMILES string of the molecule is NC1CNCC1c1cccc(F)c1. The molecule has 13 heavy (non-hydrogen) atoms. The molecule has 2 rings (SSSR count). The zero-order valence-corrected chi connectivity index (χ0v) is 7.33. The summed E-state index contributed by atoms with van der Waals surface area (Å²) in [5.74, 6) is 0.0762. The molecule has 1 heterocycles. The van der Waals surface area contributed by atoms with Crippen LogP contribution in [0.4, 0.5) is 4.39 Å². The normalized spacial score (nSPS) is 27.8. The van der Waals surface area contributed by atoms with E-state index in [1.54, 1.807) is 12.1 Å². The van der Waals surface area contributed by atoms with Crippen molar-refractivity contribution >= 4 is 0 Å². The molecule has 2 unspecified atom stereocenters. The third kappa shape index (κ3) is 1.71. The second kappa shape index (κ2) is 3.44. The molecule has 0 bridgehead atoms. The summed E-state index contributed by atoms with van der Waals surface area (Å²) < 4.78 is 12.9. The molecule has 2 nitrogen and oxygen atoms in total. The van der Waals surface area contributed by atoms with Crippen LogP contribution < -0.4 is 11.1 Å². The van der Waals surface area contributed by atoms with Crippen LogP contribution in [0.1, 0.15) is 11.5 Å². The van der Waals surface area contributed by atoms with Gasteiger partial charge in [0.15, 0.2) is 0 Å². The van der Waals surface area contributed by atoms with Crippen LogP contribution in [0, 0.1) is 5.82 Å². The zero-order valence-electron chi connectivity index (χ0n) is 7.33. The second-order valence-corrected chi connectivity index (χ2v) is 3.48. The van der Waals surface area contributed by atoms with E-state index in [0.29, 0.717) is 0 Å². The Bertz CT molecular complexity index is 301. The van der Waals surface area contributed by atoms with Crippen molar-refractivity contribution in [3.63, 3.8) is 0 Å². The molecule has 70 valence electrons. The van der Waals surface area contributed by atoms with Crippen LogP contribution in [-0.4, -0.2) is 19.1 Å². The summed E-state index contributed by atoms with van der Waals surface area (Å²) >= 11 is 0. The van der Waals surface area contributed by atoms with Crippen LogP contribution >= 0.6 is 0 Å². The fraction of sp³-hybridized carbons (Fsp3) is 0.400. The Hall–Kier alpha value is -0.930. The Kier molecular flexibility index (Phi) is 2.29. The molecule has 0 aromatic heterocycles. The lowest BCUT2D eigenvalue weighted by atomic mass is 9.95. The Labute approximate surface area is 76.9 Å². The highest BCUT2D eigenvalue weighted by Gasteiger charge is 2.24. The molecular formula is C10H13FN2. The van der Waals surface area contributed by atoms with Gasteiger partial charge in [-0.2, -0.15) is 0 Å². The van der Waals surface area contributed by atoms with Gasteiger partial charge in [0.05, 0.1) is 0 Å². The topological polar surface area (TPSA) is 38.0 Å². The predicted molar refractivity (Wildman–Crippen MR) is 50.0 cm³/mol. The first kappa shape index (κ1) is 8.66. The summed E-state index contributed by atoms with van der Waals surface area (Å²) in [5, 5.41) is 3.19. The third-order valence-electron chi connectivity index (χ3n) is 2.54. The monoisotopic (exact) mass is 180 g/mol. The molecule has 1 aliphatic heterocycles. The van der Waals surface area contributed by atoms with E-state index in [4.69, 9.17) is 5.73 Å². The van der Waals surface area contributed by atoms with Crippen LogP contribution in [0.25, 0.3) is 0 Å². The number of hydrogen-bond acceptors (Lipinski definition) is 2. The van der Waals surface area contributed by atoms with E-state index < -0.39 is 0 Å². The van der Waals surface area contributed by atoms with Gasteiger partial charge in [0.25, 0.3) is 0 Å². The van der Waals surface area contributed by atoms with Gasteiger partial charge < -0.3 is 11.1 Å². The fourth-order valence-corrected chi connectivity index (χ4v) is 1.80. The highest BCUT2D eigenvalue weighted by molar-refractivity contribution is 5.24. The molecule has 1 aliphatic rings. The molecule has 1 saturated heterocycles. The molecule has 2 atom stereocenters. The van der Waals surface area contributed by atoms with Crippen molar-refractivity contribution in [1.29, 1.82) is 0 Å². The van der Waals surface area contributed by atoms with Crippen molar-refractivity contribution in [1.82, 2.24) is 5.32 Å². The van der Waals surface area contributed by atoms with Gasteiger partial charge in [-0.05, 0) is 17.7 Å². The van der Waals surface area contributed by atoms with E-state index in [1.165, 1.54) is 6.07 Å². The van der Waals surface area contributed by atoms with Crippen LogP contribution in [0.5, 0.6) is 0 Å². The highest BCUT2D eigenvalue weighted by atomic mass is 19.1. The van der Waals surface area contributed by atoms with Gasteiger partial charge in [-0.25, -0.2) is 4.39 Å². The molecule has 1 fully saturated rings. The average Bonchev–Trinajstić information content (AvgIpc) is 2.51.